The molecule has 1 N–H and O–H groups in total. The molecule has 10 heteroatoms. The van der Waals surface area contributed by atoms with Gasteiger partial charge in [-0.2, -0.15) is 0 Å². The van der Waals surface area contributed by atoms with Crippen LogP contribution >= 0.6 is 22.9 Å². The summed E-state index contributed by atoms with van der Waals surface area (Å²) in [6, 6.07) is 8.71. The highest BCUT2D eigenvalue weighted by Gasteiger charge is 2.25. The first kappa shape index (κ1) is 20.3. The predicted octanol–water partition coefficient (Wildman–Crippen LogP) is 5.44. The molecule has 2 aromatic heterocycles. The van der Waals surface area contributed by atoms with Crippen LogP contribution in [0, 0.1) is 11.6 Å². The molecule has 0 saturated heterocycles. The average Bonchev–Trinajstić information content (AvgIpc) is 3.17. The number of anilines is 2. The van der Waals surface area contributed by atoms with E-state index in [1.54, 1.807) is 29.8 Å². The zero-order chi connectivity index (χ0) is 22.2. The Balaban J connectivity index is 1.64. The molecule has 2 aromatic carbocycles. The zero-order valence-electron chi connectivity index (χ0n) is 16.1. The molecule has 4 aromatic rings. The number of carbonyl (C=O) groups is 1. The van der Waals surface area contributed by atoms with Gasteiger partial charge in [0.2, 0.25) is 5.95 Å². The maximum absolute atomic E-state index is 14.6. The molecule has 0 amide bonds. The number of carbonyl (C=O) groups excluding carboxylic acids is 1. The van der Waals surface area contributed by atoms with Gasteiger partial charge in [-0.3, -0.25) is 9.79 Å². The first-order chi connectivity index (χ1) is 15.5. The van der Waals surface area contributed by atoms with Crippen molar-refractivity contribution in [3.63, 3.8) is 0 Å². The second-order valence-corrected chi connectivity index (χ2v) is 8.13. The molecule has 0 unspecified atom stereocenters. The van der Waals surface area contributed by atoms with Gasteiger partial charge >= 0.3 is 0 Å². The van der Waals surface area contributed by atoms with E-state index in [9.17, 15) is 13.6 Å². The Bertz CT molecular complexity index is 1380. The number of thiazole rings is 1. The molecule has 1 aliphatic heterocycles. The van der Waals surface area contributed by atoms with E-state index in [1.165, 1.54) is 29.5 Å². The Hall–Kier alpha value is -3.56. The van der Waals surface area contributed by atoms with Gasteiger partial charge in [-0.1, -0.05) is 23.7 Å². The highest BCUT2D eigenvalue weighted by Crippen LogP contribution is 2.34. The van der Waals surface area contributed by atoms with Gasteiger partial charge in [-0.05, 0) is 24.3 Å². The van der Waals surface area contributed by atoms with Crippen molar-refractivity contribution in [1.29, 1.82) is 0 Å². The van der Waals surface area contributed by atoms with Crippen LogP contribution < -0.4 is 5.32 Å². The molecule has 0 aliphatic carbocycles. The number of aliphatic imine (C=N–C) groups is 1. The van der Waals surface area contributed by atoms with Crippen LogP contribution in [0.1, 0.15) is 27.2 Å². The summed E-state index contributed by atoms with van der Waals surface area (Å²) in [6.45, 7) is 0.123. The van der Waals surface area contributed by atoms with Gasteiger partial charge in [0.1, 0.15) is 17.3 Å². The summed E-state index contributed by atoms with van der Waals surface area (Å²) in [4.78, 5) is 28.4. The molecule has 6 nitrogen and oxygen atoms in total. The van der Waals surface area contributed by atoms with Crippen LogP contribution in [0.25, 0.3) is 11.3 Å². The summed E-state index contributed by atoms with van der Waals surface area (Å²) in [6.07, 6.45) is 2.25. The summed E-state index contributed by atoms with van der Waals surface area (Å²) in [5.41, 5.74) is 2.54. The standard InChI is InChI=1S/C22H12ClF2N5OS/c23-12-4-5-14-15(6-12)20(18-16(24)2-1-3-17(18)25)26-7-11-8-27-21(29-19(11)14)30-22-28-13(9-31)10-32-22/h1-6,8-10H,7H2,(H,27,28,29,30). The van der Waals surface area contributed by atoms with Crippen LogP contribution in [-0.2, 0) is 6.54 Å². The normalized spacial score (nSPS) is 12.4. The van der Waals surface area contributed by atoms with Gasteiger partial charge in [0.15, 0.2) is 11.4 Å². The van der Waals surface area contributed by atoms with Crippen molar-refractivity contribution in [2.75, 3.05) is 5.32 Å². The average molecular weight is 468 g/mol. The molecule has 0 radical (unpaired) electrons. The van der Waals surface area contributed by atoms with E-state index in [-0.39, 0.29) is 23.8 Å². The van der Waals surface area contributed by atoms with E-state index in [0.29, 0.717) is 44.5 Å². The Kier molecular flexibility index (Phi) is 5.20. The van der Waals surface area contributed by atoms with E-state index in [2.05, 4.69) is 25.3 Å². The SMILES string of the molecule is O=Cc1csc(Nc2ncc3c(n2)-c2ccc(Cl)cc2C(c2c(F)cccc2F)=NC3)n1. The molecule has 1 aliphatic rings. The van der Waals surface area contributed by atoms with Crippen molar-refractivity contribution in [3.05, 3.63) is 87.0 Å². The first-order valence-corrected chi connectivity index (χ1v) is 10.6. The van der Waals surface area contributed by atoms with Gasteiger partial charge in [-0.15, -0.1) is 11.3 Å². The number of benzene rings is 2. The second-order valence-electron chi connectivity index (χ2n) is 6.84. The number of fused-ring (bicyclic) bond motifs is 3. The Morgan fingerprint density at radius 3 is 2.66 bits per heavy atom. The van der Waals surface area contributed by atoms with Crippen molar-refractivity contribution in [2.24, 2.45) is 4.99 Å². The lowest BCUT2D eigenvalue weighted by Crippen LogP contribution is -2.10. The van der Waals surface area contributed by atoms with E-state index >= 15 is 0 Å². The lowest BCUT2D eigenvalue weighted by molar-refractivity contribution is 0.111. The van der Waals surface area contributed by atoms with Crippen LogP contribution in [-0.4, -0.2) is 26.9 Å². The molecule has 0 bridgehead atoms. The minimum Gasteiger partial charge on any atom is -0.300 e. The Morgan fingerprint density at radius 1 is 1.09 bits per heavy atom. The Labute approximate surface area is 189 Å². The van der Waals surface area contributed by atoms with E-state index in [4.69, 9.17) is 11.6 Å². The van der Waals surface area contributed by atoms with Gasteiger partial charge < -0.3 is 5.32 Å². The fourth-order valence-electron chi connectivity index (χ4n) is 3.42. The minimum absolute atomic E-state index is 0.123. The van der Waals surface area contributed by atoms with E-state index < -0.39 is 11.6 Å². The van der Waals surface area contributed by atoms with Crippen molar-refractivity contribution < 1.29 is 13.6 Å². The fraction of sp³-hybridized carbons (Fsp3) is 0.0455. The summed E-state index contributed by atoms with van der Waals surface area (Å²) in [5, 5.41) is 5.44. The third kappa shape index (κ3) is 3.65. The monoisotopic (exact) mass is 467 g/mol. The largest absolute Gasteiger partial charge is 0.300 e. The Morgan fingerprint density at radius 2 is 1.91 bits per heavy atom. The number of rotatable bonds is 4. The number of nitrogens with one attached hydrogen (secondary N) is 1. The first-order valence-electron chi connectivity index (χ1n) is 9.36. The maximum Gasteiger partial charge on any atom is 0.229 e. The van der Waals surface area contributed by atoms with Gasteiger partial charge in [0.05, 0.1) is 23.5 Å². The molecule has 0 spiro atoms. The number of hydrogen-bond acceptors (Lipinski definition) is 7. The van der Waals surface area contributed by atoms with Crippen molar-refractivity contribution in [2.45, 2.75) is 6.54 Å². The second kappa shape index (κ2) is 8.18. The molecule has 32 heavy (non-hydrogen) atoms. The van der Waals surface area contributed by atoms with Crippen molar-refractivity contribution >= 4 is 46.0 Å². The van der Waals surface area contributed by atoms with Crippen molar-refractivity contribution in [1.82, 2.24) is 15.0 Å². The smallest absolute Gasteiger partial charge is 0.229 e. The third-order valence-corrected chi connectivity index (χ3v) is 5.84. The molecule has 0 atom stereocenters. The maximum atomic E-state index is 14.6. The molecule has 5 rings (SSSR count). The number of hydrogen-bond donors (Lipinski definition) is 1. The highest BCUT2D eigenvalue weighted by molar-refractivity contribution is 7.13. The summed E-state index contributed by atoms with van der Waals surface area (Å²) >= 11 is 7.46. The van der Waals surface area contributed by atoms with E-state index in [0.717, 1.165) is 0 Å². The van der Waals surface area contributed by atoms with Crippen LogP contribution in [0.15, 0.2) is 53.0 Å². The van der Waals surface area contributed by atoms with Gasteiger partial charge in [0, 0.05) is 33.3 Å². The van der Waals surface area contributed by atoms with Crippen LogP contribution in [0.2, 0.25) is 5.02 Å². The summed E-state index contributed by atoms with van der Waals surface area (Å²) in [7, 11) is 0. The topological polar surface area (TPSA) is 80.1 Å². The van der Waals surface area contributed by atoms with Gasteiger partial charge in [0.25, 0.3) is 0 Å². The fourth-order valence-corrected chi connectivity index (χ4v) is 4.24. The molecular weight excluding hydrogens is 456 g/mol. The third-order valence-electron chi connectivity index (χ3n) is 4.82. The molecule has 0 saturated carbocycles. The zero-order valence-corrected chi connectivity index (χ0v) is 17.7. The van der Waals surface area contributed by atoms with Gasteiger partial charge in [-0.25, -0.2) is 23.7 Å². The predicted molar refractivity (Wildman–Crippen MR) is 119 cm³/mol. The highest BCUT2D eigenvalue weighted by atomic mass is 35.5. The number of aldehydes is 1. The molecule has 3 heterocycles. The van der Waals surface area contributed by atoms with Crippen LogP contribution in [0.5, 0.6) is 0 Å². The number of nitrogens with zero attached hydrogens (tertiary/aromatic N) is 4. The molecule has 158 valence electrons. The van der Waals surface area contributed by atoms with Crippen molar-refractivity contribution in [3.8, 4) is 11.3 Å². The quantitative estimate of drug-likeness (QED) is 0.404. The molecule has 0 fully saturated rings. The lowest BCUT2D eigenvalue weighted by atomic mass is 9.95. The number of aromatic nitrogens is 3. The lowest BCUT2D eigenvalue weighted by Gasteiger charge is -2.13. The van der Waals surface area contributed by atoms with Crippen LogP contribution in [0.3, 0.4) is 0 Å². The van der Waals surface area contributed by atoms with Crippen LogP contribution in [0.4, 0.5) is 19.9 Å². The summed E-state index contributed by atoms with van der Waals surface area (Å²) in [5.74, 6) is -1.18. The molecular formula is C22H12ClF2N5OS. The number of halogens is 3. The van der Waals surface area contributed by atoms with E-state index in [1.807, 2.05) is 0 Å². The minimum atomic E-state index is -0.719. The summed E-state index contributed by atoms with van der Waals surface area (Å²) < 4.78 is 29.2.